The van der Waals surface area contributed by atoms with E-state index < -0.39 is 0 Å². The van der Waals surface area contributed by atoms with E-state index in [1.807, 2.05) is 6.07 Å². The largest absolute Gasteiger partial charge is 0.468 e. The number of amides is 1. The van der Waals surface area contributed by atoms with Gasteiger partial charge in [-0.2, -0.15) is 0 Å². The molecule has 0 saturated heterocycles. The van der Waals surface area contributed by atoms with E-state index >= 15 is 0 Å². The maximum atomic E-state index is 12.1. The lowest BCUT2D eigenvalue weighted by atomic mass is 10.0. The van der Waals surface area contributed by atoms with Gasteiger partial charge >= 0.3 is 5.97 Å². The van der Waals surface area contributed by atoms with Crippen molar-refractivity contribution in [1.29, 1.82) is 0 Å². The van der Waals surface area contributed by atoms with E-state index in [0.29, 0.717) is 22.2 Å². The normalized spacial score (nSPS) is 11.8. The summed E-state index contributed by atoms with van der Waals surface area (Å²) in [5.74, 6) is 0.498. The first-order valence-electron chi connectivity index (χ1n) is 7.36. The highest BCUT2D eigenvalue weighted by molar-refractivity contribution is 7.99. The molecular weight excluding hydrogens is 357 g/mol. The van der Waals surface area contributed by atoms with Crippen LogP contribution < -0.4 is 5.32 Å². The standard InChI is InChI=1S/C16H21Cl2NO3S/c1-3-4-14(11-5-6-12(17)13(18)9-11)19-15(20)7-8-23-10-16(21)22-2/h5-6,9,14H,3-4,7-8,10H2,1-2H3,(H,19,20). The van der Waals surface area contributed by atoms with Crippen LogP contribution >= 0.6 is 35.0 Å². The summed E-state index contributed by atoms with van der Waals surface area (Å²) in [5, 5.41) is 3.99. The van der Waals surface area contributed by atoms with Crippen molar-refractivity contribution in [2.75, 3.05) is 18.6 Å². The van der Waals surface area contributed by atoms with Gasteiger partial charge in [-0.05, 0) is 24.1 Å². The average Bonchev–Trinajstić information content (AvgIpc) is 2.53. The van der Waals surface area contributed by atoms with Crippen molar-refractivity contribution in [3.05, 3.63) is 33.8 Å². The summed E-state index contributed by atoms with van der Waals surface area (Å²) in [6.07, 6.45) is 2.10. The van der Waals surface area contributed by atoms with Crippen molar-refractivity contribution in [2.24, 2.45) is 0 Å². The van der Waals surface area contributed by atoms with Crippen LogP contribution in [0.4, 0.5) is 0 Å². The number of hydrogen-bond donors (Lipinski definition) is 1. The number of nitrogens with one attached hydrogen (secondary N) is 1. The van der Waals surface area contributed by atoms with Crippen LogP contribution in [0.25, 0.3) is 0 Å². The van der Waals surface area contributed by atoms with Gasteiger partial charge in [0.2, 0.25) is 5.91 Å². The second-order valence-electron chi connectivity index (χ2n) is 4.96. The van der Waals surface area contributed by atoms with Gasteiger partial charge in [0.25, 0.3) is 0 Å². The molecule has 7 heteroatoms. The van der Waals surface area contributed by atoms with Crippen LogP contribution in [-0.4, -0.2) is 30.5 Å². The minimum absolute atomic E-state index is 0.0492. The lowest BCUT2D eigenvalue weighted by Crippen LogP contribution is -2.28. The van der Waals surface area contributed by atoms with Gasteiger partial charge < -0.3 is 10.1 Å². The summed E-state index contributed by atoms with van der Waals surface area (Å²) in [5.41, 5.74) is 0.941. The fourth-order valence-electron chi connectivity index (χ4n) is 1.99. The van der Waals surface area contributed by atoms with E-state index in [-0.39, 0.29) is 23.7 Å². The average molecular weight is 378 g/mol. The van der Waals surface area contributed by atoms with Crippen LogP contribution in [0.2, 0.25) is 10.0 Å². The molecule has 1 aromatic rings. The van der Waals surface area contributed by atoms with Gasteiger partial charge in [0.1, 0.15) is 0 Å². The monoisotopic (exact) mass is 377 g/mol. The van der Waals surface area contributed by atoms with E-state index in [1.165, 1.54) is 18.9 Å². The minimum Gasteiger partial charge on any atom is -0.468 e. The highest BCUT2D eigenvalue weighted by atomic mass is 35.5. The summed E-state index contributed by atoms with van der Waals surface area (Å²) in [6, 6.07) is 5.31. The number of thioether (sulfide) groups is 1. The Morgan fingerprint density at radius 2 is 2.04 bits per heavy atom. The maximum absolute atomic E-state index is 12.1. The van der Waals surface area contributed by atoms with Crippen LogP contribution in [-0.2, 0) is 14.3 Å². The van der Waals surface area contributed by atoms with Crippen molar-refractivity contribution < 1.29 is 14.3 Å². The predicted octanol–water partition coefficient (Wildman–Crippen LogP) is 4.25. The first-order valence-corrected chi connectivity index (χ1v) is 9.27. The zero-order chi connectivity index (χ0) is 17.2. The molecule has 0 spiro atoms. The van der Waals surface area contributed by atoms with Crippen LogP contribution in [0.1, 0.15) is 37.8 Å². The Bertz CT molecular complexity index is 540. The van der Waals surface area contributed by atoms with E-state index in [4.69, 9.17) is 23.2 Å². The van der Waals surface area contributed by atoms with Crippen molar-refractivity contribution in [2.45, 2.75) is 32.2 Å². The molecule has 0 aromatic heterocycles. The van der Waals surface area contributed by atoms with Gasteiger partial charge in [0.05, 0.1) is 28.9 Å². The number of benzene rings is 1. The summed E-state index contributed by atoms with van der Waals surface area (Å²) >= 11 is 13.4. The Hall–Kier alpha value is -0.910. The van der Waals surface area contributed by atoms with Crippen LogP contribution in [0.5, 0.6) is 0 Å². The third-order valence-electron chi connectivity index (χ3n) is 3.18. The molecule has 1 aromatic carbocycles. The third kappa shape index (κ3) is 7.46. The summed E-state index contributed by atoms with van der Waals surface area (Å²) in [4.78, 5) is 23.1. The number of hydrogen-bond acceptors (Lipinski definition) is 4. The smallest absolute Gasteiger partial charge is 0.315 e. The second kappa shape index (κ2) is 10.8. The molecule has 4 nitrogen and oxygen atoms in total. The number of carbonyl (C=O) groups excluding carboxylic acids is 2. The molecule has 0 heterocycles. The first-order chi connectivity index (χ1) is 11.0. The Labute approximate surface area is 151 Å². The molecule has 1 rings (SSSR count). The highest BCUT2D eigenvalue weighted by Crippen LogP contribution is 2.27. The molecule has 0 aliphatic carbocycles. The minimum atomic E-state index is -0.282. The quantitative estimate of drug-likeness (QED) is 0.516. The summed E-state index contributed by atoms with van der Waals surface area (Å²) in [7, 11) is 1.35. The molecule has 0 radical (unpaired) electrons. The molecule has 0 bridgehead atoms. The maximum Gasteiger partial charge on any atom is 0.315 e. The molecule has 1 amide bonds. The molecule has 0 aliphatic heterocycles. The first kappa shape index (κ1) is 20.1. The molecule has 23 heavy (non-hydrogen) atoms. The van der Waals surface area contributed by atoms with Gasteiger partial charge in [-0.1, -0.05) is 42.6 Å². The number of carbonyl (C=O) groups is 2. The molecule has 128 valence electrons. The van der Waals surface area contributed by atoms with Gasteiger partial charge in [-0.3, -0.25) is 9.59 Å². The molecule has 0 saturated carbocycles. The number of methoxy groups -OCH3 is 1. The Kier molecular flexibility index (Phi) is 9.44. The van der Waals surface area contributed by atoms with E-state index in [0.717, 1.165) is 18.4 Å². The third-order valence-corrected chi connectivity index (χ3v) is 4.85. The Balaban J connectivity index is 2.53. The molecule has 1 atom stereocenters. The summed E-state index contributed by atoms with van der Waals surface area (Å²) < 4.78 is 4.55. The predicted molar refractivity (Wildman–Crippen MR) is 96.2 cm³/mol. The van der Waals surface area contributed by atoms with Gasteiger partial charge in [-0.25, -0.2) is 0 Å². The zero-order valence-electron chi connectivity index (χ0n) is 13.2. The van der Waals surface area contributed by atoms with Gasteiger partial charge in [-0.15, -0.1) is 11.8 Å². The molecule has 0 fully saturated rings. The highest BCUT2D eigenvalue weighted by Gasteiger charge is 2.15. The Morgan fingerprint density at radius 3 is 2.65 bits per heavy atom. The lowest BCUT2D eigenvalue weighted by Gasteiger charge is -2.19. The van der Waals surface area contributed by atoms with E-state index in [1.54, 1.807) is 12.1 Å². The molecular formula is C16H21Cl2NO3S. The van der Waals surface area contributed by atoms with E-state index in [9.17, 15) is 9.59 Å². The van der Waals surface area contributed by atoms with Crippen molar-refractivity contribution in [3.63, 3.8) is 0 Å². The number of rotatable bonds is 9. The van der Waals surface area contributed by atoms with Crippen LogP contribution in [0, 0.1) is 0 Å². The Morgan fingerprint density at radius 1 is 1.30 bits per heavy atom. The fourth-order valence-corrected chi connectivity index (χ4v) is 3.05. The van der Waals surface area contributed by atoms with E-state index in [2.05, 4.69) is 17.0 Å². The fraction of sp³-hybridized carbons (Fsp3) is 0.500. The topological polar surface area (TPSA) is 55.4 Å². The van der Waals surface area contributed by atoms with Crippen LogP contribution in [0.3, 0.4) is 0 Å². The van der Waals surface area contributed by atoms with Crippen molar-refractivity contribution in [3.8, 4) is 0 Å². The number of ether oxygens (including phenoxy) is 1. The zero-order valence-corrected chi connectivity index (χ0v) is 15.6. The van der Waals surface area contributed by atoms with Crippen LogP contribution in [0.15, 0.2) is 18.2 Å². The lowest BCUT2D eigenvalue weighted by molar-refractivity contribution is -0.137. The van der Waals surface area contributed by atoms with Crippen molar-refractivity contribution >= 4 is 46.8 Å². The molecule has 0 aliphatic rings. The molecule has 1 unspecified atom stereocenters. The summed E-state index contributed by atoms with van der Waals surface area (Å²) in [6.45, 7) is 2.06. The van der Waals surface area contributed by atoms with Gasteiger partial charge in [0.15, 0.2) is 0 Å². The number of esters is 1. The molecule has 1 N–H and O–H groups in total. The second-order valence-corrected chi connectivity index (χ2v) is 6.88. The SMILES string of the molecule is CCCC(NC(=O)CCSCC(=O)OC)c1ccc(Cl)c(Cl)c1. The van der Waals surface area contributed by atoms with Gasteiger partial charge in [0, 0.05) is 12.2 Å². The van der Waals surface area contributed by atoms with Crippen molar-refractivity contribution in [1.82, 2.24) is 5.32 Å². The number of halogens is 2.